The van der Waals surface area contributed by atoms with Gasteiger partial charge in [0.1, 0.15) is 4.90 Å². The van der Waals surface area contributed by atoms with Gasteiger partial charge in [-0.25, -0.2) is 13.4 Å². The van der Waals surface area contributed by atoms with E-state index in [1.807, 2.05) is 0 Å². The Morgan fingerprint density at radius 3 is 2.58 bits per heavy atom. The van der Waals surface area contributed by atoms with E-state index in [2.05, 4.69) is 10.3 Å². The minimum absolute atomic E-state index is 0.115. The lowest BCUT2D eigenvalue weighted by Gasteiger charge is -2.20. The van der Waals surface area contributed by atoms with Gasteiger partial charge in [-0.15, -0.1) is 0 Å². The Labute approximate surface area is 142 Å². The van der Waals surface area contributed by atoms with Gasteiger partial charge in [-0.3, -0.25) is 4.79 Å². The molecule has 24 heavy (non-hydrogen) atoms. The lowest BCUT2D eigenvalue weighted by molar-refractivity contribution is -0.116. The number of hydrogen-bond donors (Lipinski definition) is 1. The van der Waals surface area contributed by atoms with Gasteiger partial charge in [0.2, 0.25) is 15.9 Å². The number of nitrogens with zero attached hydrogens (tertiary/aromatic N) is 3. The van der Waals surface area contributed by atoms with Gasteiger partial charge in [-0.05, 0) is 12.1 Å². The predicted octanol–water partition coefficient (Wildman–Crippen LogP) is 1.94. The number of aromatic nitrogens is 2. The molecule has 0 unspecified atom stereocenters. The summed E-state index contributed by atoms with van der Waals surface area (Å²) in [4.78, 5) is 16.2. The zero-order valence-electron chi connectivity index (χ0n) is 13.8. The number of rotatable bonds is 8. The number of benzene rings is 1. The van der Waals surface area contributed by atoms with Gasteiger partial charge in [0, 0.05) is 38.4 Å². The maximum atomic E-state index is 12.7. The molecule has 0 saturated carbocycles. The first-order valence-corrected chi connectivity index (χ1v) is 9.27. The number of aryl methyl sites for hydroxylation is 1. The second-order valence-corrected chi connectivity index (χ2v) is 7.09. The van der Waals surface area contributed by atoms with Crippen molar-refractivity contribution < 1.29 is 13.2 Å². The van der Waals surface area contributed by atoms with E-state index in [0.29, 0.717) is 25.3 Å². The number of hydrogen-bond acceptors (Lipinski definition) is 4. The molecule has 1 aromatic heterocycles. The minimum atomic E-state index is -3.63. The second-order valence-electron chi connectivity index (χ2n) is 5.18. The van der Waals surface area contributed by atoms with Crippen molar-refractivity contribution in [1.29, 1.82) is 0 Å². The Morgan fingerprint density at radius 2 is 1.96 bits per heavy atom. The van der Waals surface area contributed by atoms with Crippen LogP contribution >= 0.6 is 0 Å². The van der Waals surface area contributed by atoms with Gasteiger partial charge in [0.05, 0.1) is 12.0 Å². The van der Waals surface area contributed by atoms with Gasteiger partial charge in [-0.2, -0.15) is 4.31 Å². The summed E-state index contributed by atoms with van der Waals surface area (Å²) in [5.41, 5.74) is 0.306. The smallest absolute Gasteiger partial charge is 0.245 e. The number of carbonyl (C=O) groups excluding carboxylic acids is 1. The van der Waals surface area contributed by atoms with Crippen LogP contribution in [-0.4, -0.2) is 41.3 Å². The van der Waals surface area contributed by atoms with Gasteiger partial charge in [0.15, 0.2) is 0 Å². The molecule has 0 bridgehead atoms. The first-order valence-electron chi connectivity index (χ1n) is 7.83. The van der Waals surface area contributed by atoms with Crippen LogP contribution in [0.3, 0.4) is 0 Å². The summed E-state index contributed by atoms with van der Waals surface area (Å²) >= 11 is 0. The number of carbonyl (C=O) groups is 1. The second kappa shape index (κ2) is 8.07. The van der Waals surface area contributed by atoms with E-state index in [1.54, 1.807) is 55.3 Å². The third kappa shape index (κ3) is 4.21. The monoisotopic (exact) mass is 350 g/mol. The van der Waals surface area contributed by atoms with E-state index in [0.717, 1.165) is 0 Å². The summed E-state index contributed by atoms with van der Waals surface area (Å²) in [6.45, 7) is 4.81. The number of nitrogens with one attached hydrogen (secondary N) is 1. The first kappa shape index (κ1) is 18.2. The summed E-state index contributed by atoms with van der Waals surface area (Å²) in [6.07, 6.45) is 5.28. The molecule has 0 atom stereocenters. The highest BCUT2D eigenvalue weighted by Gasteiger charge is 2.25. The first-order chi connectivity index (χ1) is 11.5. The molecular weight excluding hydrogens is 328 g/mol. The molecule has 2 aromatic rings. The summed E-state index contributed by atoms with van der Waals surface area (Å²) in [7, 11) is -3.63. The lowest BCUT2D eigenvalue weighted by Crippen LogP contribution is -2.31. The third-order valence-electron chi connectivity index (χ3n) is 3.64. The van der Waals surface area contributed by atoms with Gasteiger partial charge < -0.3 is 9.88 Å². The SMILES string of the molecule is CCN(CC)S(=O)(=O)c1ccccc1NC(=O)CCn1ccnc1. The molecule has 1 heterocycles. The summed E-state index contributed by atoms with van der Waals surface area (Å²) in [6, 6.07) is 6.47. The average Bonchev–Trinajstić information content (AvgIpc) is 3.07. The van der Waals surface area contributed by atoms with Crippen molar-refractivity contribution in [2.45, 2.75) is 31.7 Å². The Kier molecular flexibility index (Phi) is 6.10. The highest BCUT2D eigenvalue weighted by molar-refractivity contribution is 7.89. The number of sulfonamides is 1. The molecule has 8 heteroatoms. The molecule has 0 saturated heterocycles. The molecule has 0 aliphatic rings. The molecule has 0 spiro atoms. The standard InChI is InChI=1S/C16H22N4O3S/c1-3-20(4-2)24(22,23)15-8-6-5-7-14(15)18-16(21)9-11-19-12-10-17-13-19/h5-8,10,12-13H,3-4,9,11H2,1-2H3,(H,18,21). The minimum Gasteiger partial charge on any atom is -0.337 e. The summed E-state index contributed by atoms with van der Waals surface area (Å²) < 4.78 is 28.6. The Bertz CT molecular complexity index is 768. The van der Waals surface area contributed by atoms with Crippen molar-refractivity contribution in [1.82, 2.24) is 13.9 Å². The Balaban J connectivity index is 2.15. The maximum absolute atomic E-state index is 12.7. The van der Waals surface area contributed by atoms with Crippen molar-refractivity contribution in [3.8, 4) is 0 Å². The van der Waals surface area contributed by atoms with Crippen LogP contribution in [0.1, 0.15) is 20.3 Å². The van der Waals surface area contributed by atoms with E-state index in [-0.39, 0.29) is 17.2 Å². The molecule has 0 radical (unpaired) electrons. The quantitative estimate of drug-likeness (QED) is 0.788. The molecule has 130 valence electrons. The van der Waals surface area contributed by atoms with Gasteiger partial charge in [-0.1, -0.05) is 26.0 Å². The number of amides is 1. The zero-order chi connectivity index (χ0) is 17.6. The van der Waals surface area contributed by atoms with Crippen LogP contribution in [0.4, 0.5) is 5.69 Å². The molecule has 1 amide bonds. The topological polar surface area (TPSA) is 84.3 Å². The van der Waals surface area contributed by atoms with Crippen LogP contribution in [0.15, 0.2) is 47.9 Å². The molecule has 0 aliphatic heterocycles. The van der Waals surface area contributed by atoms with E-state index < -0.39 is 10.0 Å². The van der Waals surface area contributed by atoms with Crippen molar-refractivity contribution in [2.24, 2.45) is 0 Å². The molecule has 1 aromatic carbocycles. The van der Waals surface area contributed by atoms with E-state index in [1.165, 1.54) is 10.4 Å². The molecule has 2 rings (SSSR count). The van der Waals surface area contributed by atoms with Crippen LogP contribution in [0.5, 0.6) is 0 Å². The maximum Gasteiger partial charge on any atom is 0.245 e. The van der Waals surface area contributed by atoms with Crippen LogP contribution in [0.25, 0.3) is 0 Å². The van der Waals surface area contributed by atoms with Crippen molar-refractivity contribution in [2.75, 3.05) is 18.4 Å². The fourth-order valence-electron chi connectivity index (χ4n) is 2.36. The number of anilines is 1. The molecule has 1 N–H and O–H groups in total. The van der Waals surface area contributed by atoms with Crippen LogP contribution < -0.4 is 5.32 Å². The van der Waals surface area contributed by atoms with E-state index in [9.17, 15) is 13.2 Å². The molecule has 0 fully saturated rings. The molecule has 0 aliphatic carbocycles. The normalized spacial score (nSPS) is 11.6. The lowest BCUT2D eigenvalue weighted by atomic mass is 10.3. The highest BCUT2D eigenvalue weighted by atomic mass is 32.2. The van der Waals surface area contributed by atoms with Gasteiger partial charge in [0.25, 0.3) is 0 Å². The average molecular weight is 350 g/mol. The predicted molar refractivity (Wildman–Crippen MR) is 92.0 cm³/mol. The van der Waals surface area contributed by atoms with Crippen LogP contribution in [0.2, 0.25) is 0 Å². The largest absolute Gasteiger partial charge is 0.337 e. The van der Waals surface area contributed by atoms with E-state index in [4.69, 9.17) is 0 Å². The van der Waals surface area contributed by atoms with Crippen molar-refractivity contribution in [3.63, 3.8) is 0 Å². The van der Waals surface area contributed by atoms with E-state index >= 15 is 0 Å². The third-order valence-corrected chi connectivity index (χ3v) is 5.75. The molecule has 7 nitrogen and oxygen atoms in total. The Morgan fingerprint density at radius 1 is 1.25 bits per heavy atom. The number of imidazole rings is 1. The van der Waals surface area contributed by atoms with Crippen LogP contribution in [0, 0.1) is 0 Å². The number of para-hydroxylation sites is 1. The molecular formula is C16H22N4O3S. The fourth-order valence-corrected chi connectivity index (χ4v) is 3.97. The zero-order valence-corrected chi connectivity index (χ0v) is 14.7. The summed E-state index contributed by atoms with van der Waals surface area (Å²) in [5, 5.41) is 2.70. The Hall–Kier alpha value is -2.19. The van der Waals surface area contributed by atoms with Crippen molar-refractivity contribution >= 4 is 21.6 Å². The fraction of sp³-hybridized carbons (Fsp3) is 0.375. The highest BCUT2D eigenvalue weighted by Crippen LogP contribution is 2.24. The van der Waals surface area contributed by atoms with Crippen molar-refractivity contribution in [3.05, 3.63) is 43.0 Å². The van der Waals surface area contributed by atoms with Crippen LogP contribution in [-0.2, 0) is 21.4 Å². The van der Waals surface area contributed by atoms with Gasteiger partial charge >= 0.3 is 0 Å². The summed E-state index contributed by atoms with van der Waals surface area (Å²) in [5.74, 6) is -0.245.